The Morgan fingerprint density at radius 2 is 1.25 bits per heavy atom. The molecule has 0 radical (unpaired) electrons. The molecule has 1 unspecified atom stereocenters. The van der Waals surface area contributed by atoms with Crippen LogP contribution in [0.2, 0.25) is 0 Å². The molecule has 0 heterocycles. The van der Waals surface area contributed by atoms with E-state index in [2.05, 4.69) is 62.5 Å². The van der Waals surface area contributed by atoms with E-state index in [1.807, 2.05) is 0 Å². The number of esters is 1. The molecule has 0 saturated heterocycles. The number of aliphatic hydroxyl groups is 1. The van der Waals surface area contributed by atoms with Gasteiger partial charge >= 0.3 is 5.97 Å². The molecular formula is C32H56O4. The number of carbonyl (C=O) groups is 1. The number of ether oxygens (including phenoxy) is 2. The molecule has 0 aromatic heterocycles. The first kappa shape index (κ1) is 34.4. The molecule has 1 atom stereocenters. The van der Waals surface area contributed by atoms with Crippen molar-refractivity contribution < 1.29 is 19.4 Å². The van der Waals surface area contributed by atoms with E-state index in [4.69, 9.17) is 9.47 Å². The van der Waals surface area contributed by atoms with Crippen molar-refractivity contribution in [1.82, 2.24) is 0 Å². The standard InChI is InChI=1S/C32H56O4/c1-3-5-7-9-10-11-12-13-14-15-16-17-18-19-20-21-22-23-24-26-28-35-30-31(29-33)36-32(34)27-25-8-6-4-2/h5,7,10-11,13-14,16-17,31,33H,3-4,6,8-9,12,15,18-30H2,1-2H3/b7-5-,11-10-,14-13-,17-16-. The van der Waals surface area contributed by atoms with E-state index in [9.17, 15) is 9.90 Å². The predicted molar refractivity (Wildman–Crippen MR) is 154 cm³/mol. The van der Waals surface area contributed by atoms with Crippen LogP contribution >= 0.6 is 0 Å². The summed E-state index contributed by atoms with van der Waals surface area (Å²) in [6.07, 6.45) is 36.0. The number of aliphatic hydroxyl groups excluding tert-OH is 1. The molecule has 0 spiro atoms. The number of carbonyl (C=O) groups excluding carboxylic acids is 1. The van der Waals surface area contributed by atoms with Gasteiger partial charge in [0.05, 0.1) is 13.2 Å². The first-order valence-electron chi connectivity index (χ1n) is 14.7. The molecular weight excluding hydrogens is 448 g/mol. The van der Waals surface area contributed by atoms with Crippen molar-refractivity contribution in [2.45, 2.75) is 129 Å². The fourth-order valence-electron chi connectivity index (χ4n) is 3.73. The summed E-state index contributed by atoms with van der Waals surface area (Å²) < 4.78 is 10.9. The Morgan fingerprint density at radius 1 is 0.694 bits per heavy atom. The summed E-state index contributed by atoms with van der Waals surface area (Å²) in [5.74, 6) is -0.226. The van der Waals surface area contributed by atoms with Gasteiger partial charge in [-0.2, -0.15) is 0 Å². The molecule has 208 valence electrons. The lowest BCUT2D eigenvalue weighted by Crippen LogP contribution is -2.27. The summed E-state index contributed by atoms with van der Waals surface area (Å²) in [7, 11) is 0. The largest absolute Gasteiger partial charge is 0.457 e. The highest BCUT2D eigenvalue weighted by Gasteiger charge is 2.13. The van der Waals surface area contributed by atoms with Crippen LogP contribution in [0.5, 0.6) is 0 Å². The molecule has 0 amide bonds. The fraction of sp³-hybridized carbons (Fsp3) is 0.719. The van der Waals surface area contributed by atoms with Gasteiger partial charge in [-0.1, -0.05) is 114 Å². The van der Waals surface area contributed by atoms with Gasteiger partial charge in [-0.05, 0) is 51.4 Å². The normalized spacial score (nSPS) is 13.1. The molecule has 0 saturated carbocycles. The zero-order chi connectivity index (χ0) is 26.4. The average Bonchev–Trinajstić information content (AvgIpc) is 2.88. The van der Waals surface area contributed by atoms with E-state index in [0.29, 0.717) is 13.0 Å². The monoisotopic (exact) mass is 504 g/mol. The maximum atomic E-state index is 11.8. The van der Waals surface area contributed by atoms with E-state index in [1.54, 1.807) is 0 Å². The smallest absolute Gasteiger partial charge is 0.306 e. The third-order valence-electron chi connectivity index (χ3n) is 5.92. The highest BCUT2D eigenvalue weighted by Crippen LogP contribution is 2.10. The van der Waals surface area contributed by atoms with E-state index in [0.717, 1.165) is 64.2 Å². The number of allylic oxidation sites excluding steroid dienone is 8. The minimum absolute atomic E-state index is 0.179. The Hall–Kier alpha value is -1.65. The maximum Gasteiger partial charge on any atom is 0.306 e. The van der Waals surface area contributed by atoms with Crippen LogP contribution in [0, 0.1) is 0 Å². The minimum atomic E-state index is -0.533. The first-order chi connectivity index (χ1) is 17.7. The van der Waals surface area contributed by atoms with Crippen LogP contribution in [-0.4, -0.2) is 37.0 Å². The first-order valence-corrected chi connectivity index (χ1v) is 14.7. The van der Waals surface area contributed by atoms with Crippen molar-refractivity contribution in [2.24, 2.45) is 0 Å². The quantitative estimate of drug-likeness (QED) is 0.0726. The number of hydrogen-bond acceptors (Lipinski definition) is 4. The third kappa shape index (κ3) is 26.9. The van der Waals surface area contributed by atoms with Gasteiger partial charge in [0.25, 0.3) is 0 Å². The molecule has 0 aromatic carbocycles. The SMILES string of the molecule is CC/C=C\C/C=C\C/C=C\C/C=C\CCCCCCCCCOCC(CO)OC(=O)CCCCCC. The summed E-state index contributed by atoms with van der Waals surface area (Å²) in [6, 6.07) is 0. The van der Waals surface area contributed by atoms with Gasteiger partial charge in [0, 0.05) is 13.0 Å². The van der Waals surface area contributed by atoms with Gasteiger partial charge in [0.1, 0.15) is 6.10 Å². The summed E-state index contributed by atoms with van der Waals surface area (Å²) in [5.41, 5.74) is 0. The van der Waals surface area contributed by atoms with E-state index >= 15 is 0 Å². The molecule has 0 aliphatic heterocycles. The van der Waals surface area contributed by atoms with Gasteiger partial charge < -0.3 is 14.6 Å². The van der Waals surface area contributed by atoms with Crippen molar-refractivity contribution >= 4 is 5.97 Å². The van der Waals surface area contributed by atoms with E-state index in [1.165, 1.54) is 38.5 Å². The molecule has 4 nitrogen and oxygen atoms in total. The van der Waals surface area contributed by atoms with Gasteiger partial charge in [-0.15, -0.1) is 0 Å². The van der Waals surface area contributed by atoms with Crippen LogP contribution in [0.1, 0.15) is 123 Å². The maximum absolute atomic E-state index is 11.8. The second-order valence-corrected chi connectivity index (χ2v) is 9.44. The van der Waals surface area contributed by atoms with E-state index < -0.39 is 6.10 Å². The van der Waals surface area contributed by atoms with Crippen LogP contribution in [0.4, 0.5) is 0 Å². The minimum Gasteiger partial charge on any atom is -0.457 e. The zero-order valence-corrected chi connectivity index (χ0v) is 23.5. The molecule has 36 heavy (non-hydrogen) atoms. The second-order valence-electron chi connectivity index (χ2n) is 9.44. The Balaban J connectivity index is 3.45. The Kier molecular flexibility index (Phi) is 28.2. The molecule has 1 N–H and O–H groups in total. The van der Waals surface area contributed by atoms with Gasteiger partial charge in [-0.3, -0.25) is 4.79 Å². The Labute approximate surface area is 222 Å². The van der Waals surface area contributed by atoms with Crippen molar-refractivity contribution in [3.05, 3.63) is 48.6 Å². The highest BCUT2D eigenvalue weighted by molar-refractivity contribution is 5.69. The number of hydrogen-bond donors (Lipinski definition) is 1. The predicted octanol–water partition coefficient (Wildman–Crippen LogP) is 8.80. The summed E-state index contributed by atoms with van der Waals surface area (Å²) in [4.78, 5) is 11.8. The van der Waals surface area contributed by atoms with Gasteiger partial charge in [0.15, 0.2) is 0 Å². The van der Waals surface area contributed by atoms with Crippen molar-refractivity contribution in [2.75, 3.05) is 19.8 Å². The van der Waals surface area contributed by atoms with Crippen molar-refractivity contribution in [3.63, 3.8) is 0 Å². The Morgan fingerprint density at radius 3 is 1.86 bits per heavy atom. The average molecular weight is 505 g/mol. The summed E-state index contributed by atoms with van der Waals surface area (Å²) in [6.45, 7) is 5.08. The molecule has 4 heteroatoms. The topological polar surface area (TPSA) is 55.8 Å². The zero-order valence-electron chi connectivity index (χ0n) is 23.5. The van der Waals surface area contributed by atoms with E-state index in [-0.39, 0.29) is 19.2 Å². The molecule has 0 aliphatic carbocycles. The number of unbranched alkanes of at least 4 members (excludes halogenated alkanes) is 10. The van der Waals surface area contributed by atoms with Crippen molar-refractivity contribution in [1.29, 1.82) is 0 Å². The molecule has 0 aliphatic rings. The van der Waals surface area contributed by atoms with Crippen LogP contribution in [-0.2, 0) is 14.3 Å². The van der Waals surface area contributed by atoms with Gasteiger partial charge in [0.2, 0.25) is 0 Å². The van der Waals surface area contributed by atoms with Crippen LogP contribution in [0.3, 0.4) is 0 Å². The molecule has 0 bridgehead atoms. The molecule has 0 rings (SSSR count). The van der Waals surface area contributed by atoms with Crippen molar-refractivity contribution in [3.8, 4) is 0 Å². The summed E-state index contributed by atoms with van der Waals surface area (Å²) in [5, 5.41) is 9.39. The van der Waals surface area contributed by atoms with Crippen LogP contribution in [0.15, 0.2) is 48.6 Å². The number of rotatable bonds is 26. The lowest BCUT2D eigenvalue weighted by molar-refractivity contribution is -0.154. The Bertz CT molecular complexity index is 577. The highest BCUT2D eigenvalue weighted by atomic mass is 16.6. The molecule has 0 fully saturated rings. The van der Waals surface area contributed by atoms with Crippen LogP contribution < -0.4 is 0 Å². The summed E-state index contributed by atoms with van der Waals surface area (Å²) >= 11 is 0. The van der Waals surface area contributed by atoms with Crippen LogP contribution in [0.25, 0.3) is 0 Å². The lowest BCUT2D eigenvalue weighted by atomic mass is 10.1. The third-order valence-corrected chi connectivity index (χ3v) is 5.92. The second kappa shape index (κ2) is 29.6. The fourth-order valence-corrected chi connectivity index (χ4v) is 3.73. The lowest BCUT2D eigenvalue weighted by Gasteiger charge is -2.15. The van der Waals surface area contributed by atoms with Gasteiger partial charge in [-0.25, -0.2) is 0 Å². The molecule has 0 aromatic rings.